The molecule has 0 aliphatic rings. The number of halogens is 1. The van der Waals surface area contributed by atoms with E-state index in [0.717, 1.165) is 11.8 Å². The predicted octanol–water partition coefficient (Wildman–Crippen LogP) is 3.14. The SMILES string of the molecule is Cc1ccc(NC(=O)CO/N=C\C(=O)Nc2cccc([N+](=O)[O-])c2)c(Cl)c1. The Morgan fingerprint density at radius 1 is 1.26 bits per heavy atom. The molecule has 9 nitrogen and oxygen atoms in total. The molecule has 0 aromatic heterocycles. The van der Waals surface area contributed by atoms with Crippen LogP contribution in [-0.4, -0.2) is 29.6 Å². The minimum Gasteiger partial charge on any atom is -0.385 e. The lowest BCUT2D eigenvalue weighted by atomic mass is 10.2. The number of hydrogen-bond acceptors (Lipinski definition) is 6. The quantitative estimate of drug-likeness (QED) is 0.427. The summed E-state index contributed by atoms with van der Waals surface area (Å²) in [5.74, 6) is -1.17. The van der Waals surface area contributed by atoms with Gasteiger partial charge in [-0.3, -0.25) is 19.7 Å². The summed E-state index contributed by atoms with van der Waals surface area (Å²) in [6.07, 6.45) is 0.810. The molecule has 0 spiro atoms. The zero-order valence-electron chi connectivity index (χ0n) is 14.1. The van der Waals surface area contributed by atoms with Gasteiger partial charge in [-0.05, 0) is 30.7 Å². The minimum atomic E-state index is -0.669. The number of oxime groups is 1. The van der Waals surface area contributed by atoms with Crippen molar-refractivity contribution in [1.82, 2.24) is 0 Å². The molecule has 10 heteroatoms. The van der Waals surface area contributed by atoms with Gasteiger partial charge in [-0.25, -0.2) is 0 Å². The van der Waals surface area contributed by atoms with Crippen molar-refractivity contribution in [2.24, 2.45) is 5.16 Å². The van der Waals surface area contributed by atoms with Crippen LogP contribution in [0, 0.1) is 17.0 Å². The molecule has 0 unspecified atom stereocenters. The number of rotatable bonds is 7. The van der Waals surface area contributed by atoms with Crippen LogP contribution in [0.25, 0.3) is 0 Å². The third-order valence-electron chi connectivity index (χ3n) is 3.16. The number of hydrogen-bond donors (Lipinski definition) is 2. The lowest BCUT2D eigenvalue weighted by Crippen LogP contribution is -2.18. The van der Waals surface area contributed by atoms with Crippen LogP contribution >= 0.6 is 11.6 Å². The first-order valence-electron chi connectivity index (χ1n) is 7.62. The van der Waals surface area contributed by atoms with Crippen LogP contribution in [0.1, 0.15) is 5.56 Å². The highest BCUT2D eigenvalue weighted by Crippen LogP contribution is 2.22. The Morgan fingerprint density at radius 3 is 2.74 bits per heavy atom. The second-order valence-corrected chi connectivity index (χ2v) is 5.74. The first-order valence-corrected chi connectivity index (χ1v) is 8.00. The van der Waals surface area contributed by atoms with Gasteiger partial charge in [0.1, 0.15) is 6.21 Å². The van der Waals surface area contributed by atoms with Crippen molar-refractivity contribution in [2.45, 2.75) is 6.92 Å². The van der Waals surface area contributed by atoms with Crippen LogP contribution in [0.4, 0.5) is 17.1 Å². The monoisotopic (exact) mass is 390 g/mol. The molecule has 0 heterocycles. The van der Waals surface area contributed by atoms with Crippen molar-refractivity contribution in [3.05, 3.63) is 63.2 Å². The van der Waals surface area contributed by atoms with Gasteiger partial charge in [-0.2, -0.15) is 0 Å². The number of anilines is 2. The number of carbonyl (C=O) groups excluding carboxylic acids is 2. The molecule has 0 saturated carbocycles. The van der Waals surface area contributed by atoms with Gasteiger partial charge in [-0.15, -0.1) is 0 Å². The molecule has 2 N–H and O–H groups in total. The van der Waals surface area contributed by atoms with Crippen LogP contribution in [0.3, 0.4) is 0 Å². The molecular weight excluding hydrogens is 376 g/mol. The Hall–Kier alpha value is -3.46. The fourth-order valence-corrected chi connectivity index (χ4v) is 2.24. The lowest BCUT2D eigenvalue weighted by Gasteiger charge is -2.07. The van der Waals surface area contributed by atoms with Crippen molar-refractivity contribution in [2.75, 3.05) is 17.2 Å². The topological polar surface area (TPSA) is 123 Å². The molecule has 2 amide bonds. The van der Waals surface area contributed by atoms with Crippen molar-refractivity contribution >= 4 is 46.7 Å². The average molecular weight is 391 g/mol. The van der Waals surface area contributed by atoms with E-state index in [9.17, 15) is 19.7 Å². The van der Waals surface area contributed by atoms with Crippen LogP contribution in [0.5, 0.6) is 0 Å². The summed E-state index contributed by atoms with van der Waals surface area (Å²) in [4.78, 5) is 38.3. The molecule has 0 bridgehead atoms. The number of aryl methyl sites for hydroxylation is 1. The van der Waals surface area contributed by atoms with Gasteiger partial charge in [0.25, 0.3) is 17.5 Å². The van der Waals surface area contributed by atoms with Crippen molar-refractivity contribution in [1.29, 1.82) is 0 Å². The van der Waals surface area contributed by atoms with Crippen molar-refractivity contribution in [3.8, 4) is 0 Å². The number of nitrogens with zero attached hydrogens (tertiary/aromatic N) is 2. The predicted molar refractivity (Wildman–Crippen MR) is 101 cm³/mol. The highest BCUT2D eigenvalue weighted by molar-refractivity contribution is 6.33. The van der Waals surface area contributed by atoms with Gasteiger partial charge in [0.2, 0.25) is 0 Å². The zero-order chi connectivity index (χ0) is 19.8. The molecule has 0 saturated heterocycles. The third kappa shape index (κ3) is 6.40. The third-order valence-corrected chi connectivity index (χ3v) is 3.48. The molecule has 0 radical (unpaired) electrons. The van der Waals surface area contributed by atoms with E-state index in [0.29, 0.717) is 10.7 Å². The van der Waals surface area contributed by atoms with Crippen molar-refractivity contribution < 1.29 is 19.3 Å². The molecular formula is C17H15ClN4O5. The standard InChI is InChI=1S/C17H15ClN4O5/c1-11-5-6-15(14(18)7-11)21-17(24)10-27-19-9-16(23)20-12-3-2-4-13(8-12)22(25)26/h2-9H,10H2,1H3,(H,20,23)(H,21,24)/b19-9-. The summed E-state index contributed by atoms with van der Waals surface area (Å²) in [7, 11) is 0. The Morgan fingerprint density at radius 2 is 2.04 bits per heavy atom. The summed E-state index contributed by atoms with van der Waals surface area (Å²) in [5.41, 5.74) is 1.46. The Labute approximate surface area is 159 Å². The van der Waals surface area contributed by atoms with Crippen molar-refractivity contribution in [3.63, 3.8) is 0 Å². The maximum absolute atomic E-state index is 11.8. The number of nitro benzene ring substituents is 1. The van der Waals surface area contributed by atoms with Gasteiger partial charge in [-0.1, -0.05) is 28.9 Å². The van der Waals surface area contributed by atoms with E-state index in [2.05, 4.69) is 15.8 Å². The normalized spacial score (nSPS) is 10.4. The van der Waals surface area contributed by atoms with Crippen LogP contribution < -0.4 is 10.6 Å². The number of carbonyl (C=O) groups is 2. The molecule has 0 atom stereocenters. The summed E-state index contributed by atoms with van der Waals surface area (Å²) >= 11 is 6.00. The van der Waals surface area contributed by atoms with E-state index in [1.54, 1.807) is 18.2 Å². The first kappa shape index (κ1) is 19.9. The highest BCUT2D eigenvalue weighted by atomic mass is 35.5. The molecule has 2 aromatic carbocycles. The van der Waals surface area contributed by atoms with E-state index in [-0.39, 0.29) is 11.4 Å². The van der Waals surface area contributed by atoms with Gasteiger partial charge < -0.3 is 15.5 Å². The second-order valence-electron chi connectivity index (χ2n) is 5.34. The largest absolute Gasteiger partial charge is 0.385 e. The van der Waals surface area contributed by atoms with Crippen LogP contribution in [-0.2, 0) is 14.4 Å². The number of amides is 2. The zero-order valence-corrected chi connectivity index (χ0v) is 14.9. The fourth-order valence-electron chi connectivity index (χ4n) is 1.96. The fraction of sp³-hybridized carbons (Fsp3) is 0.118. The average Bonchev–Trinajstić information content (AvgIpc) is 2.61. The number of nitrogens with one attached hydrogen (secondary N) is 2. The Balaban J connectivity index is 1.79. The van der Waals surface area contributed by atoms with Gasteiger partial charge >= 0.3 is 0 Å². The number of nitro groups is 1. The lowest BCUT2D eigenvalue weighted by molar-refractivity contribution is -0.384. The van der Waals surface area contributed by atoms with Gasteiger partial charge in [0, 0.05) is 17.8 Å². The van der Waals surface area contributed by atoms with Crippen LogP contribution in [0.15, 0.2) is 47.6 Å². The summed E-state index contributed by atoms with van der Waals surface area (Å²) in [6.45, 7) is 1.44. The van der Waals surface area contributed by atoms with Gasteiger partial charge in [0.15, 0.2) is 6.61 Å². The molecule has 2 aromatic rings. The molecule has 0 fully saturated rings. The van der Waals surface area contributed by atoms with Gasteiger partial charge in [0.05, 0.1) is 15.6 Å². The summed E-state index contributed by atoms with van der Waals surface area (Å²) < 4.78 is 0. The highest BCUT2D eigenvalue weighted by Gasteiger charge is 2.08. The van der Waals surface area contributed by atoms with E-state index in [1.807, 2.05) is 6.92 Å². The molecule has 27 heavy (non-hydrogen) atoms. The maximum Gasteiger partial charge on any atom is 0.271 e. The molecule has 2 rings (SSSR count). The van der Waals surface area contributed by atoms with Crippen LogP contribution in [0.2, 0.25) is 5.02 Å². The molecule has 0 aliphatic heterocycles. The minimum absolute atomic E-state index is 0.160. The smallest absolute Gasteiger partial charge is 0.271 e. The number of non-ortho nitro benzene ring substituents is 1. The Bertz CT molecular complexity index is 901. The van der Waals surface area contributed by atoms with E-state index < -0.39 is 23.3 Å². The van der Waals surface area contributed by atoms with E-state index in [1.165, 1.54) is 24.3 Å². The first-order chi connectivity index (χ1) is 12.8. The van der Waals surface area contributed by atoms with E-state index >= 15 is 0 Å². The Kier molecular flexibility index (Phi) is 6.84. The summed E-state index contributed by atoms with van der Waals surface area (Å²) in [5, 5.41) is 19.4. The van der Waals surface area contributed by atoms with E-state index in [4.69, 9.17) is 16.4 Å². The summed E-state index contributed by atoms with van der Waals surface area (Å²) in [6, 6.07) is 10.6. The second kappa shape index (κ2) is 9.30. The molecule has 140 valence electrons. The number of benzene rings is 2. The molecule has 0 aliphatic carbocycles. The maximum atomic E-state index is 11.8.